The van der Waals surface area contributed by atoms with Crippen LogP contribution in [0.1, 0.15) is 190 Å². The molecule has 2 saturated heterocycles. The van der Waals surface area contributed by atoms with Crippen LogP contribution in [0.5, 0.6) is 0 Å². The molecule has 6 fully saturated rings. The van der Waals surface area contributed by atoms with Crippen LogP contribution >= 0.6 is 0 Å². The zero-order valence-electron chi connectivity index (χ0n) is 41.8. The van der Waals surface area contributed by atoms with Crippen molar-refractivity contribution in [1.82, 2.24) is 9.80 Å². The maximum atomic E-state index is 13.2. The molecule has 4 aliphatic carbocycles. The summed E-state index contributed by atoms with van der Waals surface area (Å²) in [6.45, 7) is 8.35. The van der Waals surface area contributed by atoms with Crippen molar-refractivity contribution in [1.29, 1.82) is 0 Å². The van der Waals surface area contributed by atoms with Crippen LogP contribution in [0.2, 0.25) is 0 Å². The summed E-state index contributed by atoms with van der Waals surface area (Å²) < 4.78 is 103. The van der Waals surface area contributed by atoms with Gasteiger partial charge < -0.3 is 18.9 Å². The van der Waals surface area contributed by atoms with E-state index in [1.54, 1.807) is 38.1 Å². The number of ether oxygens (including phenoxy) is 4. The topological polar surface area (TPSA) is 77.5 Å². The van der Waals surface area contributed by atoms with Gasteiger partial charge in [-0.05, 0) is 150 Å². The monoisotopic (exact) mass is 991 g/mol. The molecule has 0 aromatic heterocycles. The molecule has 4 saturated carbocycles. The third-order valence-electron chi connectivity index (χ3n) is 16.3. The van der Waals surface area contributed by atoms with Crippen molar-refractivity contribution in [3.63, 3.8) is 0 Å². The van der Waals surface area contributed by atoms with E-state index in [4.69, 9.17) is 18.9 Å². The molecule has 0 N–H and O–H groups in total. The van der Waals surface area contributed by atoms with Crippen molar-refractivity contribution in [2.24, 2.45) is 23.7 Å². The zero-order chi connectivity index (χ0) is 49.7. The second-order valence-corrected chi connectivity index (χ2v) is 21.4. The largest absolute Gasteiger partial charge is 0.466 e. The van der Waals surface area contributed by atoms with Crippen molar-refractivity contribution in [3.8, 4) is 0 Å². The first-order valence-corrected chi connectivity index (χ1v) is 27.1. The molecule has 392 valence electrons. The molecule has 6 aliphatic rings. The lowest BCUT2D eigenvalue weighted by molar-refractivity contribution is -0.154. The van der Waals surface area contributed by atoms with Gasteiger partial charge >= 0.3 is 24.3 Å². The minimum absolute atomic E-state index is 0.103. The van der Waals surface area contributed by atoms with Crippen LogP contribution in [-0.2, 0) is 40.9 Å². The Kier molecular flexibility index (Phi) is 20.4. The lowest BCUT2D eigenvalue weighted by atomic mass is 9.89. The molecule has 14 heteroatoms. The van der Waals surface area contributed by atoms with Gasteiger partial charge in [0, 0.05) is 38.3 Å². The highest BCUT2D eigenvalue weighted by molar-refractivity contribution is 5.70. The van der Waals surface area contributed by atoms with Crippen LogP contribution in [0, 0.1) is 23.7 Å². The Morgan fingerprint density at radius 2 is 0.757 bits per heavy atom. The molecule has 0 spiro atoms. The predicted molar refractivity (Wildman–Crippen MR) is 258 cm³/mol. The fourth-order valence-electron chi connectivity index (χ4n) is 12.7. The van der Waals surface area contributed by atoms with Crippen molar-refractivity contribution in [3.05, 3.63) is 70.8 Å². The van der Waals surface area contributed by atoms with Gasteiger partial charge in [0.2, 0.25) is 0 Å². The van der Waals surface area contributed by atoms with E-state index in [9.17, 15) is 35.9 Å². The van der Waals surface area contributed by atoms with Crippen LogP contribution in [0.25, 0.3) is 0 Å². The Hall–Kier alpha value is -3.20. The van der Waals surface area contributed by atoms with Crippen molar-refractivity contribution in [2.45, 2.75) is 204 Å². The second kappa shape index (κ2) is 26.1. The summed E-state index contributed by atoms with van der Waals surface area (Å²) in [5.74, 6) is 2.17. The third-order valence-corrected chi connectivity index (χ3v) is 16.3. The van der Waals surface area contributed by atoms with E-state index in [1.165, 1.54) is 103 Å². The minimum Gasteiger partial charge on any atom is -0.466 e. The molecule has 0 unspecified atom stereocenters. The Balaban J connectivity index is 0.000000206. The predicted octanol–water partition coefficient (Wildman–Crippen LogP) is 13.9. The highest BCUT2D eigenvalue weighted by Crippen LogP contribution is 2.43. The Labute approximate surface area is 413 Å². The average molecular weight is 991 g/mol. The molecule has 0 amide bonds. The molecular formula is C56H80F6N2O6. The summed E-state index contributed by atoms with van der Waals surface area (Å²) in [7, 11) is 0. The van der Waals surface area contributed by atoms with Crippen LogP contribution in [0.15, 0.2) is 48.5 Å². The molecule has 6 atom stereocenters. The van der Waals surface area contributed by atoms with Gasteiger partial charge in [-0.1, -0.05) is 75.6 Å². The molecule has 70 heavy (non-hydrogen) atoms. The number of rotatable bonds is 18. The van der Waals surface area contributed by atoms with Gasteiger partial charge in [-0.15, -0.1) is 0 Å². The van der Waals surface area contributed by atoms with Crippen LogP contribution in [-0.4, -0.2) is 85.4 Å². The summed E-state index contributed by atoms with van der Waals surface area (Å²) in [6.07, 6.45) is 13.9. The molecule has 8 nitrogen and oxygen atoms in total. The van der Waals surface area contributed by atoms with Gasteiger partial charge in [-0.2, -0.15) is 26.3 Å². The summed E-state index contributed by atoms with van der Waals surface area (Å²) >= 11 is 0. The summed E-state index contributed by atoms with van der Waals surface area (Å²) in [4.78, 5) is 29.5. The van der Waals surface area contributed by atoms with Gasteiger partial charge in [-0.3, -0.25) is 19.4 Å². The molecule has 0 radical (unpaired) electrons. The quantitative estimate of drug-likeness (QED) is 0.108. The molecule has 2 aliphatic heterocycles. The smallest absolute Gasteiger partial charge is 0.416 e. The molecule has 0 bridgehead atoms. The SMILES string of the molecule is CCOC(=O)C[C@@H]1CC[C@@H](N(CC2CCCC2)CC2CCCC2)[C@H](c2ccc(C(F)(F)F)cc2)O1.CCOC(=O)C[C@H]1CC[C@@H](N(CC2CCCC2)CC2CCCC2)[C@H](c2ccc(C(F)(F)F)cc2)O1. The highest BCUT2D eigenvalue weighted by Gasteiger charge is 2.42. The number of nitrogens with zero attached hydrogens (tertiary/aromatic N) is 2. The maximum Gasteiger partial charge on any atom is 0.416 e. The summed E-state index contributed by atoms with van der Waals surface area (Å²) in [5, 5.41) is 0. The number of hydrogen-bond donors (Lipinski definition) is 0. The average Bonchev–Trinajstić information content (AvgIpc) is 4.20. The van der Waals surface area contributed by atoms with Crippen molar-refractivity contribution < 1.29 is 54.9 Å². The van der Waals surface area contributed by atoms with Crippen molar-refractivity contribution in [2.75, 3.05) is 39.4 Å². The minimum atomic E-state index is -4.37. The molecule has 2 heterocycles. The number of carbonyl (C=O) groups is 2. The van der Waals surface area contributed by atoms with E-state index in [0.29, 0.717) is 36.9 Å². The lowest BCUT2D eigenvalue weighted by Gasteiger charge is -2.44. The first kappa shape index (κ1) is 54.6. The number of esters is 2. The Bertz CT molecular complexity index is 1700. The van der Waals surface area contributed by atoms with Crippen LogP contribution in [0.4, 0.5) is 26.3 Å². The van der Waals surface area contributed by atoms with E-state index in [0.717, 1.165) is 87.3 Å². The van der Waals surface area contributed by atoms with E-state index in [-0.39, 0.29) is 61.3 Å². The van der Waals surface area contributed by atoms with Gasteiger partial charge in [0.05, 0.1) is 61.6 Å². The summed E-state index contributed by atoms with van der Waals surface area (Å²) in [6, 6.07) is 11.1. The van der Waals surface area contributed by atoms with Crippen LogP contribution < -0.4 is 0 Å². The Morgan fingerprint density at radius 1 is 0.471 bits per heavy atom. The number of carbonyl (C=O) groups excluding carboxylic acids is 2. The number of benzene rings is 2. The lowest BCUT2D eigenvalue weighted by Crippen LogP contribution is -2.48. The fraction of sp³-hybridized carbons (Fsp3) is 0.750. The first-order valence-electron chi connectivity index (χ1n) is 27.1. The first-order chi connectivity index (χ1) is 33.7. The van der Waals surface area contributed by atoms with E-state index in [1.807, 2.05) is 0 Å². The van der Waals surface area contributed by atoms with Gasteiger partial charge in [0.15, 0.2) is 0 Å². The van der Waals surface area contributed by atoms with E-state index >= 15 is 0 Å². The molecular weight excluding hydrogens is 911 g/mol. The summed E-state index contributed by atoms with van der Waals surface area (Å²) in [5.41, 5.74) is 0.231. The van der Waals surface area contributed by atoms with Crippen LogP contribution in [0.3, 0.4) is 0 Å². The van der Waals surface area contributed by atoms with Gasteiger partial charge in [0.25, 0.3) is 0 Å². The maximum absolute atomic E-state index is 13.2. The van der Waals surface area contributed by atoms with E-state index < -0.39 is 23.5 Å². The van der Waals surface area contributed by atoms with E-state index in [2.05, 4.69) is 9.80 Å². The number of hydrogen-bond acceptors (Lipinski definition) is 8. The Morgan fingerprint density at radius 3 is 1.01 bits per heavy atom. The van der Waals surface area contributed by atoms with Crippen molar-refractivity contribution >= 4 is 11.9 Å². The van der Waals surface area contributed by atoms with Gasteiger partial charge in [0.1, 0.15) is 0 Å². The molecule has 8 rings (SSSR count). The standard InChI is InChI=1S/2C28H40F3NO3/c2*1-2-34-26(33)17-24-15-16-25(27(35-24)22-11-13-23(14-12-22)28(29,30)31)32(18-20-7-3-4-8-20)19-21-9-5-6-10-21/h2*11-14,20-21,24-25,27H,2-10,15-19H2,1H3/t24-,25+,27-;24-,25-,27+/m01/s1. The normalized spacial score (nSPS) is 26.5. The number of alkyl halides is 6. The second-order valence-electron chi connectivity index (χ2n) is 21.4. The third kappa shape index (κ3) is 15.9. The fourth-order valence-corrected chi connectivity index (χ4v) is 12.7. The molecule has 2 aromatic carbocycles. The zero-order valence-corrected chi connectivity index (χ0v) is 41.8. The molecule has 2 aromatic rings. The number of halogens is 6. The van der Waals surface area contributed by atoms with Gasteiger partial charge in [-0.25, -0.2) is 0 Å². The highest BCUT2D eigenvalue weighted by atomic mass is 19.4.